The zero-order valence-electron chi connectivity index (χ0n) is 12.9. The monoisotopic (exact) mass is 271 g/mol. The van der Waals surface area contributed by atoms with Gasteiger partial charge in [0.2, 0.25) is 0 Å². The van der Waals surface area contributed by atoms with Gasteiger partial charge in [0.15, 0.2) is 0 Å². The first-order chi connectivity index (χ1) is 9.86. The zero-order chi connectivity index (χ0) is 13.8. The summed E-state index contributed by atoms with van der Waals surface area (Å²) in [6.07, 6.45) is 11.1. The molecule has 1 heteroatoms. The van der Waals surface area contributed by atoms with Gasteiger partial charge in [0, 0.05) is 6.04 Å². The molecule has 1 N–H and O–H groups in total. The summed E-state index contributed by atoms with van der Waals surface area (Å²) < 4.78 is 0. The fourth-order valence-electron chi connectivity index (χ4n) is 3.93. The molecule has 0 radical (unpaired) electrons. The molecule has 2 aliphatic rings. The molecule has 0 heterocycles. The summed E-state index contributed by atoms with van der Waals surface area (Å²) in [6, 6.07) is 9.84. The number of nitrogens with one attached hydrogen (secondary N) is 1. The molecular weight excluding hydrogens is 242 g/mol. The SMILES string of the molecule is CCCNC(CC1CCC1)C1CCc2ccccc2C1. The number of hydrogen-bond acceptors (Lipinski definition) is 1. The first-order valence-electron chi connectivity index (χ1n) is 8.67. The van der Waals surface area contributed by atoms with Gasteiger partial charge in [-0.1, -0.05) is 50.5 Å². The maximum Gasteiger partial charge on any atom is 0.0101 e. The number of benzene rings is 1. The fraction of sp³-hybridized carbons (Fsp3) is 0.684. The van der Waals surface area contributed by atoms with Gasteiger partial charge in [-0.25, -0.2) is 0 Å². The van der Waals surface area contributed by atoms with Crippen molar-refractivity contribution in [3.05, 3.63) is 35.4 Å². The highest BCUT2D eigenvalue weighted by molar-refractivity contribution is 5.30. The minimum absolute atomic E-state index is 0.758. The highest BCUT2D eigenvalue weighted by Gasteiger charge is 2.29. The predicted octanol–water partition coefficient (Wildman–Crippen LogP) is 4.35. The first kappa shape index (κ1) is 14.1. The molecule has 0 aliphatic heterocycles. The van der Waals surface area contributed by atoms with Gasteiger partial charge in [0.05, 0.1) is 0 Å². The van der Waals surface area contributed by atoms with Crippen molar-refractivity contribution < 1.29 is 0 Å². The van der Waals surface area contributed by atoms with Crippen LogP contribution in [0.5, 0.6) is 0 Å². The van der Waals surface area contributed by atoms with Crippen LogP contribution >= 0.6 is 0 Å². The van der Waals surface area contributed by atoms with Gasteiger partial charge in [0.25, 0.3) is 0 Å². The van der Waals surface area contributed by atoms with Crippen molar-refractivity contribution in [2.45, 2.75) is 64.3 Å². The standard InChI is InChI=1S/C19H29N/c1-2-12-20-19(13-15-6-5-7-15)18-11-10-16-8-3-4-9-17(16)14-18/h3-4,8-9,15,18-20H,2,5-7,10-14H2,1H3. The summed E-state index contributed by atoms with van der Waals surface area (Å²) in [4.78, 5) is 0. The van der Waals surface area contributed by atoms with E-state index in [-0.39, 0.29) is 0 Å². The second kappa shape index (κ2) is 6.76. The van der Waals surface area contributed by atoms with E-state index in [1.165, 1.54) is 57.9 Å². The normalized spacial score (nSPS) is 23.9. The van der Waals surface area contributed by atoms with E-state index in [4.69, 9.17) is 0 Å². The Bertz CT molecular complexity index is 422. The fourth-order valence-corrected chi connectivity index (χ4v) is 3.93. The summed E-state index contributed by atoms with van der Waals surface area (Å²) in [5.74, 6) is 1.87. The van der Waals surface area contributed by atoms with Crippen molar-refractivity contribution in [1.82, 2.24) is 5.32 Å². The lowest BCUT2D eigenvalue weighted by molar-refractivity contribution is 0.211. The van der Waals surface area contributed by atoms with Gasteiger partial charge in [0.1, 0.15) is 0 Å². The van der Waals surface area contributed by atoms with E-state index < -0.39 is 0 Å². The van der Waals surface area contributed by atoms with Gasteiger partial charge in [-0.3, -0.25) is 0 Å². The molecule has 0 bridgehead atoms. The minimum atomic E-state index is 0.758. The third-order valence-corrected chi connectivity index (χ3v) is 5.42. The van der Waals surface area contributed by atoms with Crippen LogP contribution < -0.4 is 5.32 Å². The number of fused-ring (bicyclic) bond motifs is 1. The summed E-state index contributed by atoms with van der Waals surface area (Å²) in [5, 5.41) is 3.87. The van der Waals surface area contributed by atoms with Crippen LogP contribution in [0.2, 0.25) is 0 Å². The molecular formula is C19H29N. The van der Waals surface area contributed by atoms with Gasteiger partial charge < -0.3 is 5.32 Å². The highest BCUT2D eigenvalue weighted by Crippen LogP contribution is 2.35. The Morgan fingerprint density at radius 1 is 1.15 bits per heavy atom. The molecule has 1 nitrogen and oxygen atoms in total. The molecule has 110 valence electrons. The minimum Gasteiger partial charge on any atom is -0.314 e. The molecule has 3 rings (SSSR count). The predicted molar refractivity (Wildman–Crippen MR) is 86.0 cm³/mol. The van der Waals surface area contributed by atoms with E-state index in [2.05, 4.69) is 36.5 Å². The largest absolute Gasteiger partial charge is 0.314 e. The molecule has 2 unspecified atom stereocenters. The smallest absolute Gasteiger partial charge is 0.0101 e. The van der Waals surface area contributed by atoms with E-state index in [0.29, 0.717) is 0 Å². The van der Waals surface area contributed by atoms with Crippen LogP contribution in [0.1, 0.15) is 56.6 Å². The Kier molecular flexibility index (Phi) is 4.77. The van der Waals surface area contributed by atoms with Crippen LogP contribution in [0.3, 0.4) is 0 Å². The Balaban J connectivity index is 1.64. The third-order valence-electron chi connectivity index (χ3n) is 5.42. The molecule has 1 aromatic carbocycles. The highest BCUT2D eigenvalue weighted by atomic mass is 14.9. The van der Waals surface area contributed by atoms with Crippen molar-refractivity contribution in [2.75, 3.05) is 6.54 Å². The average molecular weight is 271 g/mol. The second-order valence-corrected chi connectivity index (χ2v) is 6.86. The lowest BCUT2D eigenvalue weighted by atomic mass is 9.73. The Morgan fingerprint density at radius 2 is 1.95 bits per heavy atom. The van der Waals surface area contributed by atoms with Crippen LogP contribution in [-0.4, -0.2) is 12.6 Å². The van der Waals surface area contributed by atoms with E-state index in [1.54, 1.807) is 11.1 Å². The van der Waals surface area contributed by atoms with Crippen LogP contribution in [0.4, 0.5) is 0 Å². The molecule has 0 aromatic heterocycles. The molecule has 0 spiro atoms. The lowest BCUT2D eigenvalue weighted by Gasteiger charge is -2.37. The van der Waals surface area contributed by atoms with E-state index in [9.17, 15) is 0 Å². The average Bonchev–Trinajstić information content (AvgIpc) is 2.45. The lowest BCUT2D eigenvalue weighted by Crippen LogP contribution is -2.41. The Morgan fingerprint density at radius 3 is 2.65 bits per heavy atom. The van der Waals surface area contributed by atoms with Crippen LogP contribution in [0.15, 0.2) is 24.3 Å². The summed E-state index contributed by atoms with van der Waals surface area (Å²) in [5.41, 5.74) is 3.21. The number of aryl methyl sites for hydroxylation is 1. The second-order valence-electron chi connectivity index (χ2n) is 6.86. The van der Waals surface area contributed by atoms with E-state index in [0.717, 1.165) is 17.9 Å². The van der Waals surface area contributed by atoms with Crippen LogP contribution in [0.25, 0.3) is 0 Å². The quantitative estimate of drug-likeness (QED) is 0.811. The number of rotatable bonds is 6. The van der Waals surface area contributed by atoms with Crippen molar-refractivity contribution in [1.29, 1.82) is 0 Å². The molecule has 20 heavy (non-hydrogen) atoms. The molecule has 1 aromatic rings. The van der Waals surface area contributed by atoms with Gasteiger partial charge in [-0.15, -0.1) is 0 Å². The molecule has 2 atom stereocenters. The summed E-state index contributed by atoms with van der Waals surface area (Å²) in [7, 11) is 0. The van der Waals surface area contributed by atoms with E-state index >= 15 is 0 Å². The van der Waals surface area contributed by atoms with Crippen LogP contribution in [0, 0.1) is 11.8 Å². The Hall–Kier alpha value is -0.820. The molecule has 0 saturated heterocycles. The first-order valence-corrected chi connectivity index (χ1v) is 8.67. The van der Waals surface area contributed by atoms with Crippen molar-refractivity contribution in [2.24, 2.45) is 11.8 Å². The zero-order valence-corrected chi connectivity index (χ0v) is 12.9. The van der Waals surface area contributed by atoms with E-state index in [1.807, 2.05) is 0 Å². The van der Waals surface area contributed by atoms with Crippen molar-refractivity contribution in [3.63, 3.8) is 0 Å². The molecule has 1 fully saturated rings. The Labute approximate surface area is 124 Å². The van der Waals surface area contributed by atoms with Crippen molar-refractivity contribution in [3.8, 4) is 0 Å². The summed E-state index contributed by atoms with van der Waals surface area (Å²) in [6.45, 7) is 3.47. The van der Waals surface area contributed by atoms with Gasteiger partial charge in [-0.2, -0.15) is 0 Å². The van der Waals surface area contributed by atoms with Gasteiger partial charge in [-0.05, 0) is 61.6 Å². The summed E-state index contributed by atoms with van der Waals surface area (Å²) >= 11 is 0. The van der Waals surface area contributed by atoms with Gasteiger partial charge >= 0.3 is 0 Å². The molecule has 0 amide bonds. The topological polar surface area (TPSA) is 12.0 Å². The van der Waals surface area contributed by atoms with Crippen molar-refractivity contribution >= 4 is 0 Å². The molecule has 2 aliphatic carbocycles. The number of hydrogen-bond donors (Lipinski definition) is 1. The molecule has 1 saturated carbocycles. The maximum absolute atomic E-state index is 3.87. The van der Waals surface area contributed by atoms with Crippen LogP contribution in [-0.2, 0) is 12.8 Å². The maximum atomic E-state index is 3.87. The third kappa shape index (κ3) is 3.25.